The van der Waals surface area contributed by atoms with Crippen LogP contribution in [0, 0.1) is 0 Å². The van der Waals surface area contributed by atoms with Crippen LogP contribution in [-0.4, -0.2) is 7.05 Å². The highest BCUT2D eigenvalue weighted by Crippen LogP contribution is 2.17. The summed E-state index contributed by atoms with van der Waals surface area (Å²) in [6.45, 7) is 4.00. The van der Waals surface area contributed by atoms with Gasteiger partial charge in [-0.15, -0.1) is 0 Å². The van der Waals surface area contributed by atoms with E-state index >= 15 is 0 Å². The summed E-state index contributed by atoms with van der Waals surface area (Å²) in [5, 5.41) is 6.42. The SMILES string of the molecule is CC.CNc1ccc(Nc2ccccc2)cc1.II. The van der Waals surface area contributed by atoms with Crippen LogP contribution in [0.4, 0.5) is 17.1 Å². The fraction of sp³-hybridized carbons (Fsp3) is 0.200. The minimum Gasteiger partial charge on any atom is -0.388 e. The molecule has 0 heterocycles. The Morgan fingerprint density at radius 2 is 1.11 bits per heavy atom. The van der Waals surface area contributed by atoms with Crippen molar-refractivity contribution in [2.24, 2.45) is 0 Å². The summed E-state index contributed by atoms with van der Waals surface area (Å²) in [5.41, 5.74) is 3.32. The molecule has 2 aromatic rings. The predicted octanol–water partition coefficient (Wildman–Crippen LogP) is 6.27. The fourth-order valence-corrected chi connectivity index (χ4v) is 1.41. The first-order valence-corrected chi connectivity index (χ1v) is 12.4. The molecule has 0 saturated carbocycles. The normalized spacial score (nSPS) is 8.26. The summed E-state index contributed by atoms with van der Waals surface area (Å²) in [4.78, 5) is 0. The largest absolute Gasteiger partial charge is 0.388 e. The van der Waals surface area contributed by atoms with Gasteiger partial charge in [0.25, 0.3) is 0 Å². The zero-order chi connectivity index (χ0) is 14.5. The van der Waals surface area contributed by atoms with Gasteiger partial charge in [-0.3, -0.25) is 0 Å². The summed E-state index contributed by atoms with van der Waals surface area (Å²) >= 11 is 4.24. The van der Waals surface area contributed by atoms with Gasteiger partial charge < -0.3 is 10.6 Å². The molecule has 0 aliphatic heterocycles. The summed E-state index contributed by atoms with van der Waals surface area (Å²) in [6, 6.07) is 18.3. The first-order chi connectivity index (χ1) is 9.38. The number of anilines is 3. The van der Waals surface area contributed by atoms with Crippen LogP contribution in [0.1, 0.15) is 13.8 Å². The Balaban J connectivity index is 0.000000741. The van der Waals surface area contributed by atoms with Gasteiger partial charge in [-0.2, -0.15) is 0 Å². The Bertz CT molecular complexity index is 416. The fourth-order valence-electron chi connectivity index (χ4n) is 1.41. The zero-order valence-corrected chi connectivity index (χ0v) is 15.8. The highest BCUT2D eigenvalue weighted by molar-refractivity contribution is 15.0. The lowest BCUT2D eigenvalue weighted by atomic mass is 10.2. The lowest BCUT2D eigenvalue weighted by molar-refractivity contribution is 1.49. The number of rotatable bonds is 3. The second-order valence-corrected chi connectivity index (χ2v) is 3.32. The van der Waals surface area contributed by atoms with Crippen LogP contribution >= 0.6 is 37.2 Å². The lowest BCUT2D eigenvalue weighted by Gasteiger charge is -2.06. The van der Waals surface area contributed by atoms with E-state index in [9.17, 15) is 0 Å². The van der Waals surface area contributed by atoms with Crippen molar-refractivity contribution in [3.05, 3.63) is 54.6 Å². The number of benzene rings is 2. The molecule has 0 bridgehead atoms. The first-order valence-electron chi connectivity index (χ1n) is 6.12. The first kappa shape index (κ1) is 18.5. The van der Waals surface area contributed by atoms with Crippen LogP contribution in [0.25, 0.3) is 0 Å². The molecule has 0 fully saturated rings. The number of hydrogen-bond acceptors (Lipinski definition) is 2. The summed E-state index contributed by atoms with van der Waals surface area (Å²) in [5.74, 6) is 0. The quantitative estimate of drug-likeness (QED) is 0.505. The molecular formula is C15H20I2N2. The van der Waals surface area contributed by atoms with Crippen LogP contribution in [0.3, 0.4) is 0 Å². The summed E-state index contributed by atoms with van der Waals surface area (Å²) in [6.07, 6.45) is 0. The number of nitrogens with one attached hydrogen (secondary N) is 2. The van der Waals surface area contributed by atoms with Crippen LogP contribution < -0.4 is 10.6 Å². The maximum atomic E-state index is 3.33. The average molecular weight is 482 g/mol. The van der Waals surface area contributed by atoms with Crippen molar-refractivity contribution >= 4 is 54.3 Å². The molecule has 0 amide bonds. The van der Waals surface area contributed by atoms with E-state index in [-0.39, 0.29) is 0 Å². The molecule has 104 valence electrons. The van der Waals surface area contributed by atoms with Gasteiger partial charge in [-0.1, -0.05) is 32.0 Å². The van der Waals surface area contributed by atoms with Crippen molar-refractivity contribution in [1.29, 1.82) is 0 Å². The zero-order valence-electron chi connectivity index (χ0n) is 11.5. The molecule has 19 heavy (non-hydrogen) atoms. The molecular weight excluding hydrogens is 462 g/mol. The maximum absolute atomic E-state index is 3.33. The summed E-state index contributed by atoms with van der Waals surface area (Å²) in [7, 11) is 1.92. The van der Waals surface area contributed by atoms with Gasteiger partial charge in [0, 0.05) is 61.3 Å². The minimum absolute atomic E-state index is 1.10. The van der Waals surface area contributed by atoms with E-state index < -0.39 is 0 Å². The van der Waals surface area contributed by atoms with Gasteiger partial charge in [-0.05, 0) is 36.4 Å². The van der Waals surface area contributed by atoms with Gasteiger partial charge in [0.1, 0.15) is 0 Å². The summed E-state index contributed by atoms with van der Waals surface area (Å²) < 4.78 is 0. The van der Waals surface area contributed by atoms with Gasteiger partial charge in [-0.25, -0.2) is 0 Å². The molecule has 0 unspecified atom stereocenters. The van der Waals surface area contributed by atoms with Gasteiger partial charge >= 0.3 is 0 Å². The molecule has 0 saturated heterocycles. The van der Waals surface area contributed by atoms with Gasteiger partial charge in [0.15, 0.2) is 0 Å². The van der Waals surface area contributed by atoms with Crippen LogP contribution in [0.5, 0.6) is 0 Å². The van der Waals surface area contributed by atoms with E-state index in [4.69, 9.17) is 0 Å². The predicted molar refractivity (Wildman–Crippen MR) is 105 cm³/mol. The molecule has 2 nitrogen and oxygen atoms in total. The van der Waals surface area contributed by atoms with Crippen LogP contribution in [0.15, 0.2) is 54.6 Å². The van der Waals surface area contributed by atoms with Crippen molar-refractivity contribution in [2.75, 3.05) is 17.7 Å². The minimum atomic E-state index is 1.10. The lowest BCUT2D eigenvalue weighted by Crippen LogP contribution is -1.91. The molecule has 0 aromatic heterocycles. The van der Waals surface area contributed by atoms with Crippen molar-refractivity contribution in [3.63, 3.8) is 0 Å². The van der Waals surface area contributed by atoms with Crippen LogP contribution in [-0.2, 0) is 0 Å². The third kappa shape index (κ3) is 7.61. The van der Waals surface area contributed by atoms with Crippen molar-refractivity contribution in [1.82, 2.24) is 0 Å². The number of para-hydroxylation sites is 1. The van der Waals surface area contributed by atoms with E-state index in [0.29, 0.717) is 0 Å². The van der Waals surface area contributed by atoms with E-state index in [1.54, 1.807) is 0 Å². The average Bonchev–Trinajstić information content (AvgIpc) is 2.53. The Kier molecular flexibility index (Phi) is 12.2. The van der Waals surface area contributed by atoms with E-state index in [1.807, 2.05) is 63.4 Å². The van der Waals surface area contributed by atoms with E-state index in [0.717, 1.165) is 17.1 Å². The topological polar surface area (TPSA) is 24.1 Å². The Morgan fingerprint density at radius 3 is 1.58 bits per heavy atom. The van der Waals surface area contributed by atoms with Crippen molar-refractivity contribution in [3.8, 4) is 0 Å². The molecule has 0 aliphatic rings. The highest BCUT2D eigenvalue weighted by atomic mass is 128. The Hall–Kier alpha value is -0.500. The standard InChI is InChI=1S/C13H14N2.C2H6.I2/c1-14-11-7-9-13(10-8-11)15-12-5-3-2-4-6-12;2*1-2/h2-10,14-15H,1H3;1-2H3;. The number of halogens is 2. The molecule has 0 atom stereocenters. The smallest absolute Gasteiger partial charge is 0.0385 e. The maximum Gasteiger partial charge on any atom is 0.0385 e. The van der Waals surface area contributed by atoms with Crippen molar-refractivity contribution < 1.29 is 0 Å². The molecule has 2 N–H and O–H groups in total. The van der Waals surface area contributed by atoms with E-state index in [1.165, 1.54) is 0 Å². The molecule has 0 spiro atoms. The van der Waals surface area contributed by atoms with Crippen LogP contribution in [0.2, 0.25) is 0 Å². The van der Waals surface area contributed by atoms with Gasteiger partial charge in [0.05, 0.1) is 0 Å². The molecule has 0 aliphatic carbocycles. The third-order valence-corrected chi connectivity index (χ3v) is 2.24. The molecule has 4 heteroatoms. The molecule has 2 rings (SSSR count). The van der Waals surface area contributed by atoms with E-state index in [2.05, 4.69) is 60.0 Å². The molecule has 2 aromatic carbocycles. The second kappa shape index (κ2) is 12.5. The highest BCUT2D eigenvalue weighted by Gasteiger charge is 1.93. The third-order valence-electron chi connectivity index (χ3n) is 2.24. The molecule has 0 radical (unpaired) electrons. The second-order valence-electron chi connectivity index (χ2n) is 3.32. The Morgan fingerprint density at radius 1 is 0.684 bits per heavy atom. The Labute approximate surface area is 139 Å². The number of hydrogen-bond donors (Lipinski definition) is 2. The van der Waals surface area contributed by atoms with Gasteiger partial charge in [0.2, 0.25) is 0 Å². The van der Waals surface area contributed by atoms with Crippen molar-refractivity contribution in [2.45, 2.75) is 13.8 Å². The monoisotopic (exact) mass is 482 g/mol.